The Morgan fingerprint density at radius 1 is 0.962 bits per heavy atom. The molecular formula is C25H23Br. The Morgan fingerprint density at radius 2 is 1.85 bits per heavy atom. The van der Waals surface area contributed by atoms with E-state index < -0.39 is 0 Å². The summed E-state index contributed by atoms with van der Waals surface area (Å²) < 4.78 is 1.38. The van der Waals surface area contributed by atoms with Gasteiger partial charge in [0.05, 0.1) is 0 Å². The average Bonchev–Trinajstić information content (AvgIpc) is 3.15. The highest BCUT2D eigenvalue weighted by molar-refractivity contribution is 9.11. The Balaban J connectivity index is 1.70. The zero-order chi connectivity index (χ0) is 17.3. The van der Waals surface area contributed by atoms with Crippen molar-refractivity contribution in [2.24, 2.45) is 17.8 Å². The van der Waals surface area contributed by atoms with Crippen LogP contribution in [0.1, 0.15) is 42.7 Å². The van der Waals surface area contributed by atoms with Crippen molar-refractivity contribution in [3.63, 3.8) is 0 Å². The summed E-state index contributed by atoms with van der Waals surface area (Å²) in [5, 5.41) is 0. The van der Waals surface area contributed by atoms with Crippen LogP contribution in [-0.4, -0.2) is 0 Å². The number of rotatable bonds is 0. The van der Waals surface area contributed by atoms with Crippen molar-refractivity contribution in [3.05, 3.63) is 93.6 Å². The van der Waals surface area contributed by atoms with Crippen LogP contribution in [0.4, 0.5) is 0 Å². The van der Waals surface area contributed by atoms with Crippen LogP contribution in [-0.2, 0) is 5.41 Å². The lowest BCUT2D eigenvalue weighted by molar-refractivity contribution is 0.261. The summed E-state index contributed by atoms with van der Waals surface area (Å²) >= 11 is 3.86. The summed E-state index contributed by atoms with van der Waals surface area (Å²) in [5.41, 5.74) is 6.69. The fourth-order valence-electron chi connectivity index (χ4n) is 6.76. The summed E-state index contributed by atoms with van der Waals surface area (Å²) in [6.07, 6.45) is 22.0. The molecule has 5 aliphatic carbocycles. The molecule has 0 aromatic heterocycles. The minimum atomic E-state index is 0.124. The van der Waals surface area contributed by atoms with Crippen LogP contribution in [0.5, 0.6) is 0 Å². The maximum absolute atomic E-state index is 3.86. The van der Waals surface area contributed by atoms with E-state index in [4.69, 9.17) is 0 Å². The fraction of sp³-hybridized carbons (Fsp3) is 0.360. The summed E-state index contributed by atoms with van der Waals surface area (Å²) in [6, 6.07) is 9.30. The van der Waals surface area contributed by atoms with Gasteiger partial charge in [0, 0.05) is 17.3 Å². The molecule has 1 heteroatoms. The summed E-state index contributed by atoms with van der Waals surface area (Å²) in [5.74, 6) is 2.41. The Bertz CT molecular complexity index is 941. The molecule has 1 aromatic carbocycles. The molecule has 0 radical (unpaired) electrons. The number of fused-ring (bicyclic) bond motifs is 9. The lowest BCUT2D eigenvalue weighted by Crippen LogP contribution is -2.40. The van der Waals surface area contributed by atoms with E-state index in [9.17, 15) is 0 Å². The van der Waals surface area contributed by atoms with Crippen molar-refractivity contribution in [2.45, 2.75) is 37.0 Å². The molecular weight excluding hydrogens is 380 g/mol. The van der Waals surface area contributed by atoms with Crippen LogP contribution < -0.4 is 0 Å². The van der Waals surface area contributed by atoms with E-state index in [1.165, 1.54) is 30.2 Å². The van der Waals surface area contributed by atoms with Gasteiger partial charge in [0.2, 0.25) is 0 Å². The Morgan fingerprint density at radius 3 is 2.81 bits per heavy atom. The third-order valence-corrected chi connectivity index (χ3v) is 8.17. The first-order chi connectivity index (χ1) is 12.8. The third kappa shape index (κ3) is 1.76. The summed E-state index contributed by atoms with van der Waals surface area (Å²) in [6.45, 7) is 0. The van der Waals surface area contributed by atoms with Gasteiger partial charge in [0.15, 0.2) is 0 Å². The summed E-state index contributed by atoms with van der Waals surface area (Å²) in [7, 11) is 0. The minimum absolute atomic E-state index is 0.124. The predicted molar refractivity (Wildman–Crippen MR) is 111 cm³/mol. The van der Waals surface area contributed by atoms with Gasteiger partial charge in [-0.1, -0.05) is 82.2 Å². The van der Waals surface area contributed by atoms with Crippen molar-refractivity contribution in [3.8, 4) is 0 Å². The standard InChI is InChI=1S/C25H23Br/c26-16-13-14-20-19-9-3-6-12-23(19)25(24(20)15-16)21-10-4-1-7-17(21)18-8-2-5-11-22(18)25/h1-2,4-8,10-12,15,17,19,21,23H,3,9,13-14H2. The van der Waals surface area contributed by atoms with E-state index in [0.717, 1.165) is 5.92 Å². The number of hydrogen-bond donors (Lipinski definition) is 0. The molecule has 5 unspecified atom stereocenters. The summed E-state index contributed by atoms with van der Waals surface area (Å²) in [4.78, 5) is 0. The van der Waals surface area contributed by atoms with E-state index in [2.05, 4.69) is 82.7 Å². The van der Waals surface area contributed by atoms with Crippen molar-refractivity contribution in [1.82, 2.24) is 0 Å². The van der Waals surface area contributed by atoms with Crippen LogP contribution >= 0.6 is 15.9 Å². The molecule has 0 bridgehead atoms. The first-order valence-electron chi connectivity index (χ1n) is 10.0. The van der Waals surface area contributed by atoms with Crippen LogP contribution in [0.15, 0.2) is 82.4 Å². The van der Waals surface area contributed by atoms with Crippen LogP contribution in [0.3, 0.4) is 0 Å². The highest BCUT2D eigenvalue weighted by atomic mass is 79.9. The van der Waals surface area contributed by atoms with Crippen LogP contribution in [0, 0.1) is 17.8 Å². The van der Waals surface area contributed by atoms with Crippen molar-refractivity contribution in [1.29, 1.82) is 0 Å². The Kier molecular flexibility index (Phi) is 3.24. The van der Waals surface area contributed by atoms with Gasteiger partial charge in [-0.05, 0) is 64.8 Å². The molecule has 0 fully saturated rings. The fourth-order valence-corrected chi connectivity index (χ4v) is 7.19. The van der Waals surface area contributed by atoms with Gasteiger partial charge in [-0.2, -0.15) is 0 Å². The molecule has 0 heterocycles. The molecule has 1 spiro atoms. The molecule has 0 nitrogen and oxygen atoms in total. The quantitative estimate of drug-likeness (QED) is 0.422. The molecule has 5 atom stereocenters. The average molecular weight is 403 g/mol. The van der Waals surface area contributed by atoms with E-state index in [1.807, 2.05) is 0 Å². The molecule has 1 aromatic rings. The molecule has 0 amide bonds. The first kappa shape index (κ1) is 15.5. The van der Waals surface area contributed by atoms with E-state index in [0.29, 0.717) is 17.8 Å². The first-order valence-corrected chi connectivity index (χ1v) is 10.8. The Labute approximate surface area is 164 Å². The predicted octanol–water partition coefficient (Wildman–Crippen LogP) is 6.73. The van der Waals surface area contributed by atoms with Crippen LogP contribution in [0.2, 0.25) is 0 Å². The number of allylic oxidation sites excluding steroid dienone is 10. The minimum Gasteiger partial charge on any atom is -0.0882 e. The maximum atomic E-state index is 3.86. The van der Waals surface area contributed by atoms with Gasteiger partial charge in [-0.3, -0.25) is 0 Å². The highest BCUT2D eigenvalue weighted by Gasteiger charge is 2.62. The van der Waals surface area contributed by atoms with Gasteiger partial charge in [-0.25, -0.2) is 0 Å². The normalized spacial score (nSPS) is 38.9. The molecule has 5 aliphatic rings. The molecule has 26 heavy (non-hydrogen) atoms. The largest absolute Gasteiger partial charge is 0.0882 e. The van der Waals surface area contributed by atoms with Crippen molar-refractivity contribution in [2.75, 3.05) is 0 Å². The third-order valence-electron chi connectivity index (χ3n) is 7.55. The van der Waals surface area contributed by atoms with Gasteiger partial charge in [-0.15, -0.1) is 0 Å². The van der Waals surface area contributed by atoms with Crippen LogP contribution in [0.25, 0.3) is 0 Å². The second-order valence-corrected chi connectivity index (χ2v) is 9.46. The van der Waals surface area contributed by atoms with Crippen molar-refractivity contribution < 1.29 is 0 Å². The molecule has 0 saturated heterocycles. The highest BCUT2D eigenvalue weighted by Crippen LogP contribution is 2.68. The lowest BCUT2D eigenvalue weighted by atomic mass is 9.60. The van der Waals surface area contributed by atoms with Gasteiger partial charge >= 0.3 is 0 Å². The molecule has 130 valence electrons. The van der Waals surface area contributed by atoms with Crippen molar-refractivity contribution >= 4 is 15.9 Å². The number of halogens is 1. The second kappa shape index (κ2) is 5.45. The molecule has 6 rings (SSSR count). The smallest absolute Gasteiger partial charge is 0.0345 e. The Hall–Kier alpha value is -1.60. The molecule has 0 N–H and O–H groups in total. The monoisotopic (exact) mass is 402 g/mol. The maximum Gasteiger partial charge on any atom is 0.0345 e. The van der Waals surface area contributed by atoms with E-state index in [1.54, 1.807) is 22.3 Å². The lowest BCUT2D eigenvalue weighted by Gasteiger charge is -2.42. The van der Waals surface area contributed by atoms with E-state index in [-0.39, 0.29) is 5.41 Å². The topological polar surface area (TPSA) is 0 Å². The van der Waals surface area contributed by atoms with E-state index >= 15 is 0 Å². The SMILES string of the molecule is BrC1=CC2=C(CC1)C1CCC=CC1C21c2ccccc2C2C=CC=CC21. The van der Waals surface area contributed by atoms with Gasteiger partial charge in [0.1, 0.15) is 0 Å². The molecule has 0 aliphatic heterocycles. The van der Waals surface area contributed by atoms with Gasteiger partial charge < -0.3 is 0 Å². The zero-order valence-corrected chi connectivity index (χ0v) is 16.5. The zero-order valence-electron chi connectivity index (χ0n) is 14.9. The molecule has 0 saturated carbocycles. The number of hydrogen-bond acceptors (Lipinski definition) is 0. The van der Waals surface area contributed by atoms with Gasteiger partial charge in [0.25, 0.3) is 0 Å². The number of benzene rings is 1. The second-order valence-electron chi connectivity index (χ2n) is 8.45.